The number of aromatic nitrogens is 1. The Balaban J connectivity index is 2.42. The van der Waals surface area contributed by atoms with Crippen molar-refractivity contribution in [1.82, 2.24) is 4.98 Å². The minimum Gasteiger partial charge on any atom is -0.487 e. The zero-order valence-electron chi connectivity index (χ0n) is 9.95. The molecule has 0 saturated heterocycles. The van der Waals surface area contributed by atoms with E-state index in [1.807, 2.05) is 0 Å². The average molecular weight is 216 g/mol. The minimum absolute atomic E-state index is 0.0824. The molecule has 0 radical (unpaired) electrons. The van der Waals surface area contributed by atoms with Crippen LogP contribution in [0.2, 0.25) is 0 Å². The molecule has 0 atom stereocenters. The molecule has 0 amide bonds. The number of hydrogen-bond donors (Lipinski definition) is 0. The molecule has 1 heterocycles. The standard InChI is InChI=1S/C13H16N2O/c1-13(2,3)11-7-15-8-12(10(11)6-14)16-9-4-5-9/h7-9H,4-5H2,1-3H3. The van der Waals surface area contributed by atoms with E-state index in [0.29, 0.717) is 17.4 Å². The van der Waals surface area contributed by atoms with Gasteiger partial charge in [0.25, 0.3) is 0 Å². The summed E-state index contributed by atoms with van der Waals surface area (Å²) in [6, 6.07) is 2.24. The fourth-order valence-corrected chi connectivity index (χ4v) is 1.58. The molecule has 0 bridgehead atoms. The third kappa shape index (κ3) is 2.16. The second-order valence-electron chi connectivity index (χ2n) is 5.24. The SMILES string of the molecule is CC(C)(C)c1cncc(OC2CC2)c1C#N. The van der Waals surface area contributed by atoms with Crippen molar-refractivity contribution < 1.29 is 4.74 Å². The molecule has 2 rings (SSSR count). The van der Waals surface area contributed by atoms with E-state index in [0.717, 1.165) is 18.4 Å². The zero-order chi connectivity index (χ0) is 11.8. The first-order valence-corrected chi connectivity index (χ1v) is 5.57. The van der Waals surface area contributed by atoms with Crippen LogP contribution in [0.3, 0.4) is 0 Å². The highest BCUT2D eigenvalue weighted by atomic mass is 16.5. The molecule has 3 nitrogen and oxygen atoms in total. The van der Waals surface area contributed by atoms with Crippen LogP contribution in [0.15, 0.2) is 12.4 Å². The van der Waals surface area contributed by atoms with Crippen LogP contribution >= 0.6 is 0 Å². The van der Waals surface area contributed by atoms with Crippen molar-refractivity contribution in [3.8, 4) is 11.8 Å². The van der Waals surface area contributed by atoms with Gasteiger partial charge >= 0.3 is 0 Å². The lowest BCUT2D eigenvalue weighted by Crippen LogP contribution is -2.15. The quantitative estimate of drug-likeness (QED) is 0.763. The van der Waals surface area contributed by atoms with Crippen LogP contribution < -0.4 is 4.74 Å². The number of pyridine rings is 1. The molecule has 0 N–H and O–H groups in total. The topological polar surface area (TPSA) is 45.9 Å². The van der Waals surface area contributed by atoms with Crippen molar-refractivity contribution in [2.75, 3.05) is 0 Å². The van der Waals surface area contributed by atoms with Gasteiger partial charge in [0.1, 0.15) is 11.6 Å². The molecular formula is C13H16N2O. The fourth-order valence-electron chi connectivity index (χ4n) is 1.58. The van der Waals surface area contributed by atoms with Crippen molar-refractivity contribution in [2.24, 2.45) is 0 Å². The Kier molecular flexibility index (Phi) is 2.59. The Morgan fingerprint density at radius 2 is 2.06 bits per heavy atom. The van der Waals surface area contributed by atoms with Gasteiger partial charge in [-0.3, -0.25) is 4.98 Å². The van der Waals surface area contributed by atoms with Gasteiger partial charge in [-0.05, 0) is 23.8 Å². The van der Waals surface area contributed by atoms with Crippen LogP contribution in [0.25, 0.3) is 0 Å². The summed E-state index contributed by atoms with van der Waals surface area (Å²) in [5.41, 5.74) is 1.50. The molecule has 0 aromatic carbocycles. The van der Waals surface area contributed by atoms with Gasteiger partial charge in [-0.2, -0.15) is 5.26 Å². The summed E-state index contributed by atoms with van der Waals surface area (Å²) < 4.78 is 5.70. The lowest BCUT2D eigenvalue weighted by atomic mass is 9.85. The molecular weight excluding hydrogens is 200 g/mol. The Morgan fingerprint density at radius 3 is 2.56 bits per heavy atom. The van der Waals surface area contributed by atoms with Gasteiger partial charge in [-0.15, -0.1) is 0 Å². The molecule has 1 aromatic heterocycles. The van der Waals surface area contributed by atoms with Crippen LogP contribution in [0.1, 0.15) is 44.7 Å². The van der Waals surface area contributed by atoms with Crippen molar-refractivity contribution in [3.05, 3.63) is 23.5 Å². The molecule has 0 spiro atoms. The Bertz CT molecular complexity index is 436. The van der Waals surface area contributed by atoms with E-state index in [9.17, 15) is 5.26 Å². The van der Waals surface area contributed by atoms with Gasteiger partial charge in [0.15, 0.2) is 5.75 Å². The number of nitriles is 1. The summed E-state index contributed by atoms with van der Waals surface area (Å²) in [5, 5.41) is 9.24. The van der Waals surface area contributed by atoms with Crippen LogP contribution in [0.5, 0.6) is 5.75 Å². The molecule has 0 unspecified atom stereocenters. The van der Waals surface area contributed by atoms with Crippen LogP contribution in [-0.2, 0) is 5.41 Å². The second-order valence-corrected chi connectivity index (χ2v) is 5.24. The van der Waals surface area contributed by atoms with Gasteiger partial charge < -0.3 is 4.74 Å². The first-order valence-electron chi connectivity index (χ1n) is 5.57. The number of nitrogens with zero attached hydrogens (tertiary/aromatic N) is 2. The van der Waals surface area contributed by atoms with Gasteiger partial charge in [0.2, 0.25) is 0 Å². The van der Waals surface area contributed by atoms with E-state index >= 15 is 0 Å². The second kappa shape index (κ2) is 3.79. The maximum Gasteiger partial charge on any atom is 0.156 e. The molecule has 1 fully saturated rings. The normalized spacial score (nSPS) is 15.6. The summed E-state index contributed by atoms with van der Waals surface area (Å²) >= 11 is 0. The van der Waals surface area contributed by atoms with Crippen LogP contribution in [-0.4, -0.2) is 11.1 Å². The third-order valence-electron chi connectivity index (χ3n) is 2.65. The van der Waals surface area contributed by atoms with E-state index in [-0.39, 0.29) is 5.41 Å². The van der Waals surface area contributed by atoms with E-state index in [1.54, 1.807) is 12.4 Å². The number of rotatable bonds is 2. The van der Waals surface area contributed by atoms with Crippen molar-refractivity contribution in [3.63, 3.8) is 0 Å². The van der Waals surface area contributed by atoms with E-state index in [4.69, 9.17) is 4.74 Å². The third-order valence-corrected chi connectivity index (χ3v) is 2.65. The lowest BCUT2D eigenvalue weighted by Gasteiger charge is -2.21. The first kappa shape index (κ1) is 10.9. The summed E-state index contributed by atoms with van der Waals surface area (Å²) in [6.45, 7) is 6.23. The fraction of sp³-hybridized carbons (Fsp3) is 0.538. The summed E-state index contributed by atoms with van der Waals surface area (Å²) in [5.74, 6) is 0.637. The average Bonchev–Trinajstić information content (AvgIpc) is 3.00. The maximum atomic E-state index is 9.24. The molecule has 1 aliphatic rings. The van der Waals surface area contributed by atoms with Crippen LogP contribution in [0.4, 0.5) is 0 Å². The molecule has 16 heavy (non-hydrogen) atoms. The van der Waals surface area contributed by atoms with Crippen molar-refractivity contribution in [2.45, 2.75) is 45.1 Å². The van der Waals surface area contributed by atoms with Gasteiger partial charge in [-0.1, -0.05) is 20.8 Å². The van der Waals surface area contributed by atoms with Crippen molar-refractivity contribution in [1.29, 1.82) is 5.26 Å². The summed E-state index contributed by atoms with van der Waals surface area (Å²) in [7, 11) is 0. The number of ether oxygens (including phenoxy) is 1. The smallest absolute Gasteiger partial charge is 0.156 e. The highest BCUT2D eigenvalue weighted by molar-refractivity contribution is 5.49. The lowest BCUT2D eigenvalue weighted by molar-refractivity contribution is 0.300. The molecule has 0 aliphatic heterocycles. The first-order chi connectivity index (χ1) is 7.52. The zero-order valence-corrected chi connectivity index (χ0v) is 9.95. The van der Waals surface area contributed by atoms with E-state index in [2.05, 4.69) is 31.8 Å². The Hall–Kier alpha value is -1.56. The summed E-state index contributed by atoms with van der Waals surface area (Å²) in [6.07, 6.45) is 5.88. The van der Waals surface area contributed by atoms with Crippen molar-refractivity contribution >= 4 is 0 Å². The molecule has 1 saturated carbocycles. The summed E-state index contributed by atoms with van der Waals surface area (Å²) in [4.78, 5) is 4.16. The van der Waals surface area contributed by atoms with E-state index < -0.39 is 0 Å². The van der Waals surface area contributed by atoms with E-state index in [1.165, 1.54) is 0 Å². The Labute approximate surface area is 96.1 Å². The highest BCUT2D eigenvalue weighted by Gasteiger charge is 2.27. The predicted octanol–water partition coefficient (Wildman–Crippen LogP) is 2.79. The van der Waals surface area contributed by atoms with Crippen LogP contribution in [0, 0.1) is 11.3 Å². The van der Waals surface area contributed by atoms with Gasteiger partial charge in [-0.25, -0.2) is 0 Å². The maximum absolute atomic E-state index is 9.24. The Morgan fingerprint density at radius 1 is 1.38 bits per heavy atom. The monoisotopic (exact) mass is 216 g/mol. The number of hydrogen-bond acceptors (Lipinski definition) is 3. The van der Waals surface area contributed by atoms with Gasteiger partial charge in [0.05, 0.1) is 12.3 Å². The largest absolute Gasteiger partial charge is 0.487 e. The molecule has 1 aromatic rings. The predicted molar refractivity (Wildman–Crippen MR) is 61.3 cm³/mol. The highest BCUT2D eigenvalue weighted by Crippen LogP contribution is 2.33. The minimum atomic E-state index is -0.0824. The molecule has 84 valence electrons. The van der Waals surface area contributed by atoms with Gasteiger partial charge in [0, 0.05) is 6.20 Å². The molecule has 3 heteroatoms. The molecule has 1 aliphatic carbocycles.